The van der Waals surface area contributed by atoms with Crippen molar-refractivity contribution in [3.63, 3.8) is 0 Å². The lowest BCUT2D eigenvalue weighted by Crippen LogP contribution is -2.51. The Morgan fingerprint density at radius 2 is 1.79 bits per heavy atom. The number of nitrogens with zero attached hydrogens (tertiary/aromatic N) is 2. The number of likely N-dealkylation sites (tertiary alicyclic amines) is 1. The number of carbonyl (C=O) groups excluding carboxylic acids is 1. The molecule has 0 aromatic carbocycles. The lowest BCUT2D eigenvalue weighted by atomic mass is 9.73. The number of rotatable bonds is 2. The molecule has 2 aliphatic heterocycles. The lowest BCUT2D eigenvalue weighted by molar-refractivity contribution is -0.136. The van der Waals surface area contributed by atoms with E-state index in [0.717, 1.165) is 38.6 Å². The molecule has 6 heteroatoms. The van der Waals surface area contributed by atoms with Gasteiger partial charge in [-0.3, -0.25) is 4.79 Å². The maximum absolute atomic E-state index is 12.2. The number of amides is 1. The SMILES string of the molecule is CN1CC2(CCC1=O)CCN(S(=O)(=O)C1CC1)CC2. The first-order chi connectivity index (χ1) is 8.93. The van der Waals surface area contributed by atoms with Crippen LogP contribution in [0.3, 0.4) is 0 Å². The summed E-state index contributed by atoms with van der Waals surface area (Å²) in [6.45, 7) is 2.07. The highest BCUT2D eigenvalue weighted by molar-refractivity contribution is 7.90. The van der Waals surface area contributed by atoms with Crippen molar-refractivity contribution in [1.82, 2.24) is 9.21 Å². The molecule has 2 saturated heterocycles. The van der Waals surface area contributed by atoms with E-state index in [9.17, 15) is 13.2 Å². The second-order valence-corrected chi connectivity index (χ2v) is 8.61. The highest BCUT2D eigenvalue weighted by atomic mass is 32.2. The minimum atomic E-state index is -3.02. The Bertz CT molecular complexity index is 476. The number of sulfonamides is 1. The van der Waals surface area contributed by atoms with E-state index in [2.05, 4.69) is 0 Å². The van der Waals surface area contributed by atoms with Crippen molar-refractivity contribution >= 4 is 15.9 Å². The standard InChI is InChI=1S/C13H22N2O3S/c1-14-10-13(5-4-12(14)16)6-8-15(9-7-13)19(17,18)11-2-3-11/h11H,2-10H2,1H3. The number of hydrogen-bond donors (Lipinski definition) is 0. The Morgan fingerprint density at radius 1 is 1.16 bits per heavy atom. The number of carbonyl (C=O) groups is 1. The third-order valence-corrected chi connectivity index (χ3v) is 7.35. The predicted octanol–water partition coefficient (Wildman–Crippen LogP) is 0.813. The molecule has 0 atom stereocenters. The van der Waals surface area contributed by atoms with Gasteiger partial charge in [-0.25, -0.2) is 12.7 Å². The molecule has 1 aliphatic carbocycles. The molecule has 1 spiro atoms. The highest BCUT2D eigenvalue weighted by Crippen LogP contribution is 2.42. The van der Waals surface area contributed by atoms with E-state index >= 15 is 0 Å². The molecule has 3 rings (SSSR count). The smallest absolute Gasteiger partial charge is 0.222 e. The van der Waals surface area contributed by atoms with Crippen LogP contribution in [0.15, 0.2) is 0 Å². The van der Waals surface area contributed by atoms with Crippen LogP contribution in [0, 0.1) is 5.41 Å². The van der Waals surface area contributed by atoms with E-state index in [1.165, 1.54) is 0 Å². The van der Waals surface area contributed by atoms with Gasteiger partial charge in [0.05, 0.1) is 5.25 Å². The maximum atomic E-state index is 12.2. The maximum Gasteiger partial charge on any atom is 0.222 e. The highest BCUT2D eigenvalue weighted by Gasteiger charge is 2.45. The molecule has 0 aromatic rings. The lowest BCUT2D eigenvalue weighted by Gasteiger charge is -2.46. The van der Waals surface area contributed by atoms with Crippen LogP contribution in [0.5, 0.6) is 0 Å². The van der Waals surface area contributed by atoms with Crippen LogP contribution < -0.4 is 0 Å². The van der Waals surface area contributed by atoms with Gasteiger partial charge in [0.1, 0.15) is 0 Å². The third-order valence-electron chi connectivity index (χ3n) is 4.96. The third kappa shape index (κ3) is 2.40. The Hall–Kier alpha value is -0.620. The Kier molecular flexibility index (Phi) is 3.13. The molecular formula is C13H22N2O3S. The molecule has 0 N–H and O–H groups in total. The fourth-order valence-corrected chi connectivity index (χ4v) is 5.28. The normalized spacial score (nSPS) is 28.9. The van der Waals surface area contributed by atoms with Crippen molar-refractivity contribution in [3.8, 4) is 0 Å². The summed E-state index contributed by atoms with van der Waals surface area (Å²) >= 11 is 0. The monoisotopic (exact) mass is 286 g/mol. The molecule has 5 nitrogen and oxygen atoms in total. The van der Waals surface area contributed by atoms with Crippen molar-refractivity contribution < 1.29 is 13.2 Å². The van der Waals surface area contributed by atoms with E-state index in [-0.39, 0.29) is 16.6 Å². The first-order valence-electron chi connectivity index (χ1n) is 7.16. The molecule has 3 aliphatic rings. The van der Waals surface area contributed by atoms with E-state index in [4.69, 9.17) is 0 Å². The summed E-state index contributed by atoms with van der Waals surface area (Å²) in [4.78, 5) is 13.4. The minimum Gasteiger partial charge on any atom is -0.345 e. The fourth-order valence-electron chi connectivity index (χ4n) is 3.43. The van der Waals surface area contributed by atoms with Crippen LogP contribution in [-0.2, 0) is 14.8 Å². The molecule has 1 saturated carbocycles. The summed E-state index contributed by atoms with van der Waals surface area (Å²) in [7, 11) is -1.16. The van der Waals surface area contributed by atoms with Gasteiger partial charge in [0.15, 0.2) is 0 Å². The number of hydrogen-bond acceptors (Lipinski definition) is 3. The summed E-state index contributed by atoms with van der Waals surface area (Å²) in [6, 6.07) is 0. The van der Waals surface area contributed by atoms with Gasteiger partial charge in [-0.05, 0) is 37.5 Å². The largest absolute Gasteiger partial charge is 0.345 e. The minimum absolute atomic E-state index is 0.0999. The average Bonchev–Trinajstić information content (AvgIpc) is 3.20. The molecule has 0 aromatic heterocycles. The molecule has 108 valence electrons. The van der Waals surface area contributed by atoms with Gasteiger partial charge in [-0.15, -0.1) is 0 Å². The van der Waals surface area contributed by atoms with E-state index < -0.39 is 10.0 Å². The van der Waals surface area contributed by atoms with Gasteiger partial charge in [0.25, 0.3) is 0 Å². The first-order valence-corrected chi connectivity index (χ1v) is 8.66. The zero-order valence-corrected chi connectivity index (χ0v) is 12.3. The molecule has 0 unspecified atom stereocenters. The second-order valence-electron chi connectivity index (χ2n) is 6.39. The van der Waals surface area contributed by atoms with Gasteiger partial charge in [0.2, 0.25) is 15.9 Å². The Labute approximate surface area is 115 Å². The van der Waals surface area contributed by atoms with Crippen molar-refractivity contribution in [2.45, 2.75) is 43.8 Å². The van der Waals surface area contributed by atoms with Crippen LogP contribution in [0.1, 0.15) is 38.5 Å². The molecule has 1 amide bonds. The van der Waals surface area contributed by atoms with Crippen LogP contribution in [0.2, 0.25) is 0 Å². The molecule has 0 bridgehead atoms. The van der Waals surface area contributed by atoms with Gasteiger partial charge in [-0.2, -0.15) is 0 Å². The Morgan fingerprint density at radius 3 is 2.32 bits per heavy atom. The van der Waals surface area contributed by atoms with Gasteiger partial charge in [-0.1, -0.05) is 0 Å². The zero-order valence-electron chi connectivity index (χ0n) is 11.5. The van der Waals surface area contributed by atoms with Gasteiger partial charge in [0, 0.05) is 33.1 Å². The zero-order chi connectivity index (χ0) is 13.7. The summed E-state index contributed by atoms with van der Waals surface area (Å²) in [5, 5.41) is -0.0999. The molecular weight excluding hydrogens is 264 g/mol. The quantitative estimate of drug-likeness (QED) is 0.755. The molecule has 0 radical (unpaired) electrons. The summed E-state index contributed by atoms with van der Waals surface area (Å²) < 4.78 is 26.1. The van der Waals surface area contributed by atoms with E-state index in [1.807, 2.05) is 11.9 Å². The van der Waals surface area contributed by atoms with Gasteiger partial charge >= 0.3 is 0 Å². The first kappa shape index (κ1) is 13.4. The van der Waals surface area contributed by atoms with Crippen molar-refractivity contribution in [3.05, 3.63) is 0 Å². The summed E-state index contributed by atoms with van der Waals surface area (Å²) in [6.07, 6.45) is 5.01. The van der Waals surface area contributed by atoms with Crippen LogP contribution >= 0.6 is 0 Å². The van der Waals surface area contributed by atoms with Crippen molar-refractivity contribution in [2.24, 2.45) is 5.41 Å². The summed E-state index contributed by atoms with van der Waals surface area (Å²) in [5.74, 6) is 0.221. The molecule has 3 fully saturated rings. The van der Waals surface area contributed by atoms with Crippen molar-refractivity contribution in [2.75, 3.05) is 26.7 Å². The van der Waals surface area contributed by atoms with E-state index in [0.29, 0.717) is 19.5 Å². The van der Waals surface area contributed by atoms with Gasteiger partial charge < -0.3 is 4.90 Å². The average molecular weight is 286 g/mol. The van der Waals surface area contributed by atoms with Crippen LogP contribution in [0.4, 0.5) is 0 Å². The topological polar surface area (TPSA) is 57.7 Å². The summed E-state index contributed by atoms with van der Waals surface area (Å²) in [5.41, 5.74) is 0.165. The van der Waals surface area contributed by atoms with Crippen molar-refractivity contribution in [1.29, 1.82) is 0 Å². The Balaban J connectivity index is 1.64. The number of piperidine rings is 2. The van der Waals surface area contributed by atoms with Crippen LogP contribution in [-0.4, -0.2) is 55.5 Å². The molecule has 19 heavy (non-hydrogen) atoms. The fraction of sp³-hybridized carbons (Fsp3) is 0.923. The second kappa shape index (κ2) is 4.45. The molecule has 2 heterocycles. The predicted molar refractivity (Wildman–Crippen MR) is 72.1 cm³/mol. The van der Waals surface area contributed by atoms with E-state index in [1.54, 1.807) is 4.31 Å². The van der Waals surface area contributed by atoms with Crippen LogP contribution in [0.25, 0.3) is 0 Å².